The van der Waals surface area contributed by atoms with Crippen molar-refractivity contribution in [2.24, 2.45) is 5.92 Å². The summed E-state index contributed by atoms with van der Waals surface area (Å²) in [7, 11) is 0. The highest BCUT2D eigenvalue weighted by Gasteiger charge is 2.44. The van der Waals surface area contributed by atoms with Crippen molar-refractivity contribution in [3.63, 3.8) is 0 Å². The van der Waals surface area contributed by atoms with Gasteiger partial charge >= 0.3 is 0 Å². The van der Waals surface area contributed by atoms with Gasteiger partial charge < -0.3 is 4.74 Å². The molecular formula is C14H18N2O3. The first kappa shape index (κ1) is 12.6. The van der Waals surface area contributed by atoms with Gasteiger partial charge in [-0.05, 0) is 37.5 Å². The van der Waals surface area contributed by atoms with Gasteiger partial charge in [-0.2, -0.15) is 0 Å². The standard InChI is InChI=1S/C14H18N2O3/c1-14-8-2-3-11(14)9-15-13(19-14)10-4-6-12(7-5-10)16(17)18/h4-7,11,13,15H,2-3,8-9H2,1H3/t11-,13+,14-/m0/s1. The Balaban J connectivity index is 1.77. The third-order valence-electron chi connectivity index (χ3n) is 4.43. The van der Waals surface area contributed by atoms with E-state index in [0.717, 1.165) is 18.5 Å². The van der Waals surface area contributed by atoms with E-state index >= 15 is 0 Å². The molecule has 0 unspecified atom stereocenters. The molecule has 5 nitrogen and oxygen atoms in total. The zero-order valence-electron chi connectivity index (χ0n) is 11.0. The van der Waals surface area contributed by atoms with Gasteiger partial charge in [0.05, 0.1) is 10.5 Å². The molecule has 1 heterocycles. The van der Waals surface area contributed by atoms with Gasteiger partial charge in [0.1, 0.15) is 6.23 Å². The molecule has 1 aliphatic heterocycles. The summed E-state index contributed by atoms with van der Waals surface area (Å²) >= 11 is 0. The summed E-state index contributed by atoms with van der Waals surface area (Å²) in [5.74, 6) is 0.585. The fraction of sp³-hybridized carbons (Fsp3) is 0.571. The number of ether oxygens (including phenoxy) is 1. The van der Waals surface area contributed by atoms with Gasteiger partial charge in [0.2, 0.25) is 0 Å². The zero-order chi connectivity index (χ0) is 13.5. The van der Waals surface area contributed by atoms with E-state index in [1.165, 1.54) is 25.0 Å². The van der Waals surface area contributed by atoms with E-state index in [2.05, 4.69) is 12.2 Å². The van der Waals surface area contributed by atoms with Gasteiger partial charge in [0.25, 0.3) is 5.69 Å². The average Bonchev–Trinajstić information content (AvgIpc) is 2.79. The number of nitro groups is 1. The Morgan fingerprint density at radius 2 is 2.16 bits per heavy atom. The maximum atomic E-state index is 10.6. The van der Waals surface area contributed by atoms with Crippen molar-refractivity contribution < 1.29 is 9.66 Å². The highest BCUT2D eigenvalue weighted by Crippen LogP contribution is 2.43. The van der Waals surface area contributed by atoms with Gasteiger partial charge in [-0.15, -0.1) is 0 Å². The summed E-state index contributed by atoms with van der Waals surface area (Å²) in [5, 5.41) is 14.0. The number of rotatable bonds is 2. The topological polar surface area (TPSA) is 64.4 Å². The first-order valence-electron chi connectivity index (χ1n) is 6.74. The number of hydrogen-bond acceptors (Lipinski definition) is 4. The number of nitrogens with zero attached hydrogens (tertiary/aromatic N) is 1. The maximum Gasteiger partial charge on any atom is 0.269 e. The van der Waals surface area contributed by atoms with Gasteiger partial charge in [-0.3, -0.25) is 15.4 Å². The van der Waals surface area contributed by atoms with Crippen molar-refractivity contribution in [3.8, 4) is 0 Å². The molecule has 2 fully saturated rings. The predicted molar refractivity (Wildman–Crippen MR) is 70.7 cm³/mol. The molecule has 19 heavy (non-hydrogen) atoms. The minimum atomic E-state index is -0.382. The summed E-state index contributed by atoms with van der Waals surface area (Å²) in [4.78, 5) is 10.3. The SMILES string of the molecule is C[C@]12CCC[C@H]1CN[C@@H](c1ccc([N+](=O)[O-])cc1)O2. The molecule has 0 radical (unpaired) electrons. The Morgan fingerprint density at radius 3 is 2.84 bits per heavy atom. The summed E-state index contributed by atoms with van der Waals surface area (Å²) in [6, 6.07) is 6.61. The molecular weight excluding hydrogens is 244 g/mol. The number of non-ortho nitro benzene ring substituents is 1. The van der Waals surface area contributed by atoms with Crippen molar-refractivity contribution in [2.75, 3.05) is 6.54 Å². The van der Waals surface area contributed by atoms with Crippen molar-refractivity contribution in [1.82, 2.24) is 5.32 Å². The molecule has 0 aromatic heterocycles. The normalized spacial score (nSPS) is 33.9. The first-order valence-corrected chi connectivity index (χ1v) is 6.74. The number of nitrogens with one attached hydrogen (secondary N) is 1. The van der Waals surface area contributed by atoms with Crippen molar-refractivity contribution >= 4 is 5.69 Å². The number of fused-ring (bicyclic) bond motifs is 1. The molecule has 1 aromatic rings. The minimum absolute atomic E-state index is 0.0440. The van der Waals surface area contributed by atoms with E-state index in [0.29, 0.717) is 5.92 Å². The quantitative estimate of drug-likeness (QED) is 0.657. The Bertz CT molecular complexity index is 488. The molecule has 3 rings (SSSR count). The maximum absolute atomic E-state index is 10.6. The predicted octanol–water partition coefficient (Wildman–Crippen LogP) is 2.77. The van der Waals surface area contributed by atoms with Crippen LogP contribution in [0, 0.1) is 16.0 Å². The summed E-state index contributed by atoms with van der Waals surface area (Å²) < 4.78 is 6.20. The van der Waals surface area contributed by atoms with Crippen LogP contribution in [0.3, 0.4) is 0 Å². The molecule has 2 aliphatic rings. The number of benzene rings is 1. The van der Waals surface area contributed by atoms with E-state index in [1.807, 2.05) is 0 Å². The number of hydrogen-bond donors (Lipinski definition) is 1. The van der Waals surface area contributed by atoms with Crippen LogP contribution < -0.4 is 5.32 Å². The van der Waals surface area contributed by atoms with Crippen molar-refractivity contribution in [2.45, 2.75) is 38.0 Å². The lowest BCUT2D eigenvalue weighted by Gasteiger charge is -2.41. The van der Waals surface area contributed by atoms with Crippen LogP contribution in [0.25, 0.3) is 0 Å². The van der Waals surface area contributed by atoms with Crippen molar-refractivity contribution in [3.05, 3.63) is 39.9 Å². The van der Waals surface area contributed by atoms with Crippen LogP contribution in [0.4, 0.5) is 5.69 Å². The second kappa shape index (κ2) is 4.58. The average molecular weight is 262 g/mol. The summed E-state index contributed by atoms with van der Waals surface area (Å²) in [6.45, 7) is 3.14. The highest BCUT2D eigenvalue weighted by molar-refractivity contribution is 5.33. The van der Waals surface area contributed by atoms with Gasteiger partial charge in [-0.1, -0.05) is 6.42 Å². The molecule has 1 N–H and O–H groups in total. The zero-order valence-corrected chi connectivity index (χ0v) is 11.0. The summed E-state index contributed by atoms with van der Waals surface area (Å²) in [6.07, 6.45) is 3.38. The lowest BCUT2D eigenvalue weighted by molar-refractivity contribution is -0.384. The third kappa shape index (κ3) is 2.24. The Labute approximate surface area is 112 Å². The fourth-order valence-electron chi connectivity index (χ4n) is 3.20. The van der Waals surface area contributed by atoms with Crippen LogP contribution >= 0.6 is 0 Å². The smallest absolute Gasteiger partial charge is 0.269 e. The van der Waals surface area contributed by atoms with Gasteiger partial charge in [-0.25, -0.2) is 0 Å². The molecule has 0 spiro atoms. The molecule has 0 bridgehead atoms. The van der Waals surface area contributed by atoms with Crippen LogP contribution in [-0.2, 0) is 4.74 Å². The van der Waals surface area contributed by atoms with Crippen LogP contribution in [0.5, 0.6) is 0 Å². The van der Waals surface area contributed by atoms with E-state index in [9.17, 15) is 10.1 Å². The van der Waals surface area contributed by atoms with Crippen LogP contribution in [0.2, 0.25) is 0 Å². The largest absolute Gasteiger partial charge is 0.353 e. The van der Waals surface area contributed by atoms with E-state index in [4.69, 9.17) is 4.74 Å². The molecule has 5 heteroatoms. The Morgan fingerprint density at radius 1 is 1.42 bits per heavy atom. The van der Waals surface area contributed by atoms with Crippen LogP contribution in [-0.4, -0.2) is 17.1 Å². The molecule has 1 aliphatic carbocycles. The third-order valence-corrected chi connectivity index (χ3v) is 4.43. The second-order valence-corrected chi connectivity index (χ2v) is 5.66. The van der Waals surface area contributed by atoms with E-state index in [-0.39, 0.29) is 22.4 Å². The molecule has 1 saturated heterocycles. The number of nitro benzene ring substituents is 1. The Kier molecular flexibility index (Phi) is 3.03. The lowest BCUT2D eigenvalue weighted by atomic mass is 9.90. The molecule has 3 atom stereocenters. The first-order chi connectivity index (χ1) is 9.08. The molecule has 1 saturated carbocycles. The Hall–Kier alpha value is -1.46. The molecule has 102 valence electrons. The molecule has 0 amide bonds. The summed E-state index contributed by atoms with van der Waals surface area (Å²) in [5.41, 5.74) is 1.03. The second-order valence-electron chi connectivity index (χ2n) is 5.66. The van der Waals surface area contributed by atoms with Crippen molar-refractivity contribution in [1.29, 1.82) is 0 Å². The van der Waals surface area contributed by atoms with E-state index in [1.54, 1.807) is 12.1 Å². The minimum Gasteiger partial charge on any atom is -0.353 e. The van der Waals surface area contributed by atoms with Crippen LogP contribution in [0.1, 0.15) is 38.0 Å². The fourth-order valence-corrected chi connectivity index (χ4v) is 3.20. The van der Waals surface area contributed by atoms with Crippen LogP contribution in [0.15, 0.2) is 24.3 Å². The van der Waals surface area contributed by atoms with E-state index < -0.39 is 0 Å². The lowest BCUT2D eigenvalue weighted by Crippen LogP contribution is -2.48. The molecule has 1 aromatic carbocycles. The van der Waals surface area contributed by atoms with Gasteiger partial charge in [0, 0.05) is 24.6 Å². The monoisotopic (exact) mass is 262 g/mol. The highest BCUT2D eigenvalue weighted by atomic mass is 16.6. The van der Waals surface area contributed by atoms with Gasteiger partial charge in [0.15, 0.2) is 0 Å².